The molecule has 0 unspecified atom stereocenters. The van der Waals surface area contributed by atoms with Crippen LogP contribution in [0.3, 0.4) is 0 Å². The minimum atomic E-state index is -0.0315. The highest BCUT2D eigenvalue weighted by molar-refractivity contribution is 6.31. The molecule has 0 bridgehead atoms. The first-order chi connectivity index (χ1) is 11.0. The molecule has 0 atom stereocenters. The minimum Gasteiger partial charge on any atom is -0.361 e. The molecule has 2 N–H and O–H groups in total. The molecule has 0 aliphatic rings. The van der Waals surface area contributed by atoms with Crippen LogP contribution in [0.5, 0.6) is 0 Å². The van der Waals surface area contributed by atoms with E-state index in [-0.39, 0.29) is 5.91 Å². The van der Waals surface area contributed by atoms with Crippen LogP contribution in [0, 0.1) is 13.8 Å². The van der Waals surface area contributed by atoms with Crippen molar-refractivity contribution in [3.05, 3.63) is 69.9 Å². The number of carbonyl (C=O) groups is 1. The summed E-state index contributed by atoms with van der Waals surface area (Å²) in [5.74, 6) is -0.0315. The van der Waals surface area contributed by atoms with Gasteiger partial charge in [-0.1, -0.05) is 23.7 Å². The maximum absolute atomic E-state index is 12.2. The third kappa shape index (κ3) is 3.40. The monoisotopic (exact) mass is 326 g/mol. The fourth-order valence-electron chi connectivity index (χ4n) is 2.66. The number of amides is 1. The number of hydrogen-bond donors (Lipinski definition) is 2. The second-order valence-electron chi connectivity index (χ2n) is 5.81. The molecule has 23 heavy (non-hydrogen) atoms. The lowest BCUT2D eigenvalue weighted by Crippen LogP contribution is -2.25. The van der Waals surface area contributed by atoms with E-state index in [0.29, 0.717) is 17.1 Å². The summed E-state index contributed by atoms with van der Waals surface area (Å²) in [6.07, 6.45) is 2.75. The Morgan fingerprint density at radius 1 is 1.13 bits per heavy atom. The highest BCUT2D eigenvalue weighted by Gasteiger charge is 2.08. The van der Waals surface area contributed by atoms with Gasteiger partial charge in [-0.25, -0.2) is 0 Å². The average molecular weight is 327 g/mol. The summed E-state index contributed by atoms with van der Waals surface area (Å²) in [5, 5.41) is 4.85. The van der Waals surface area contributed by atoms with Crippen LogP contribution in [0.4, 0.5) is 0 Å². The molecule has 4 heteroatoms. The van der Waals surface area contributed by atoms with Crippen LogP contribution in [0.25, 0.3) is 10.9 Å². The van der Waals surface area contributed by atoms with E-state index in [1.165, 1.54) is 11.1 Å². The molecule has 3 rings (SSSR count). The molecule has 1 heterocycles. The molecule has 0 saturated carbocycles. The van der Waals surface area contributed by atoms with Crippen molar-refractivity contribution in [2.24, 2.45) is 0 Å². The lowest BCUT2D eigenvalue weighted by atomic mass is 10.1. The van der Waals surface area contributed by atoms with Crippen LogP contribution < -0.4 is 5.32 Å². The predicted octanol–water partition coefficient (Wildman–Crippen LogP) is 4.41. The van der Waals surface area contributed by atoms with Gasteiger partial charge < -0.3 is 10.3 Å². The zero-order chi connectivity index (χ0) is 16.4. The number of H-pyrrole nitrogens is 1. The second kappa shape index (κ2) is 6.47. The molecule has 1 aromatic heterocycles. The summed E-state index contributed by atoms with van der Waals surface area (Å²) >= 11 is 5.99. The second-order valence-corrected chi connectivity index (χ2v) is 6.25. The SMILES string of the molecule is Cc1ccc(C(=O)NCCc2c[nH]c3cc(Cl)ccc23)cc1C. The van der Waals surface area contributed by atoms with E-state index in [4.69, 9.17) is 11.6 Å². The number of carbonyl (C=O) groups excluding carboxylic acids is 1. The smallest absolute Gasteiger partial charge is 0.251 e. The van der Waals surface area contributed by atoms with E-state index in [2.05, 4.69) is 10.3 Å². The van der Waals surface area contributed by atoms with Crippen molar-refractivity contribution in [2.75, 3.05) is 6.54 Å². The lowest BCUT2D eigenvalue weighted by Gasteiger charge is -2.07. The molecule has 118 valence electrons. The molecule has 0 aliphatic carbocycles. The van der Waals surface area contributed by atoms with Gasteiger partial charge in [0.05, 0.1) is 0 Å². The molecule has 0 saturated heterocycles. The third-order valence-electron chi connectivity index (χ3n) is 4.18. The molecular weight excluding hydrogens is 308 g/mol. The van der Waals surface area contributed by atoms with Crippen LogP contribution in [0.15, 0.2) is 42.6 Å². The molecule has 0 radical (unpaired) electrons. The Bertz CT molecular complexity index is 867. The van der Waals surface area contributed by atoms with E-state index in [9.17, 15) is 4.79 Å². The number of aryl methyl sites for hydroxylation is 2. The van der Waals surface area contributed by atoms with Gasteiger partial charge in [-0.15, -0.1) is 0 Å². The third-order valence-corrected chi connectivity index (χ3v) is 4.41. The summed E-state index contributed by atoms with van der Waals surface area (Å²) in [5.41, 5.74) is 5.23. The maximum atomic E-state index is 12.2. The van der Waals surface area contributed by atoms with Gasteiger partial charge in [-0.2, -0.15) is 0 Å². The van der Waals surface area contributed by atoms with Crippen molar-refractivity contribution in [1.29, 1.82) is 0 Å². The lowest BCUT2D eigenvalue weighted by molar-refractivity contribution is 0.0954. The normalized spacial score (nSPS) is 10.9. The van der Waals surface area contributed by atoms with Crippen LogP contribution in [-0.4, -0.2) is 17.4 Å². The number of aromatic nitrogens is 1. The first-order valence-corrected chi connectivity index (χ1v) is 8.03. The van der Waals surface area contributed by atoms with Crippen LogP contribution >= 0.6 is 11.6 Å². The van der Waals surface area contributed by atoms with Gasteiger partial charge in [0.25, 0.3) is 5.91 Å². The van der Waals surface area contributed by atoms with Crippen molar-refractivity contribution in [3.63, 3.8) is 0 Å². The summed E-state index contributed by atoms with van der Waals surface area (Å²) in [6, 6.07) is 11.6. The van der Waals surface area contributed by atoms with Crippen molar-refractivity contribution in [1.82, 2.24) is 10.3 Å². The summed E-state index contributed by atoms with van der Waals surface area (Å²) < 4.78 is 0. The summed E-state index contributed by atoms with van der Waals surface area (Å²) in [7, 11) is 0. The van der Waals surface area contributed by atoms with Gasteiger partial charge in [0.15, 0.2) is 0 Å². The number of aromatic amines is 1. The topological polar surface area (TPSA) is 44.9 Å². The van der Waals surface area contributed by atoms with Gasteiger partial charge in [-0.05, 0) is 61.2 Å². The predicted molar refractivity (Wildman–Crippen MR) is 95.3 cm³/mol. The van der Waals surface area contributed by atoms with Crippen LogP contribution in [-0.2, 0) is 6.42 Å². The molecule has 3 aromatic rings. The molecular formula is C19H19ClN2O. The van der Waals surface area contributed by atoms with Crippen molar-refractivity contribution < 1.29 is 4.79 Å². The first kappa shape index (κ1) is 15.6. The minimum absolute atomic E-state index is 0.0315. The fourth-order valence-corrected chi connectivity index (χ4v) is 2.83. The van der Waals surface area contributed by atoms with Gasteiger partial charge in [0.2, 0.25) is 0 Å². The Morgan fingerprint density at radius 3 is 2.74 bits per heavy atom. The molecule has 3 nitrogen and oxygen atoms in total. The fraction of sp³-hybridized carbons (Fsp3) is 0.211. The first-order valence-electron chi connectivity index (χ1n) is 7.65. The summed E-state index contributed by atoms with van der Waals surface area (Å²) in [4.78, 5) is 15.4. The standard InChI is InChI=1S/C19H19ClN2O/c1-12-3-4-14(9-13(12)2)19(23)21-8-7-15-11-22-18-10-16(20)5-6-17(15)18/h3-6,9-11,22H,7-8H2,1-2H3,(H,21,23). The number of rotatable bonds is 4. The Labute approximate surface area is 140 Å². The highest BCUT2D eigenvalue weighted by Crippen LogP contribution is 2.22. The number of fused-ring (bicyclic) bond motifs is 1. The van der Waals surface area contributed by atoms with Gasteiger partial charge >= 0.3 is 0 Å². The molecule has 0 fully saturated rings. The van der Waals surface area contributed by atoms with Crippen LogP contribution in [0.1, 0.15) is 27.0 Å². The van der Waals surface area contributed by atoms with E-state index in [1.54, 1.807) is 0 Å². The van der Waals surface area contributed by atoms with Gasteiger partial charge in [-0.3, -0.25) is 4.79 Å². The number of halogens is 1. The molecule has 0 aliphatic heterocycles. The van der Waals surface area contributed by atoms with E-state index < -0.39 is 0 Å². The largest absolute Gasteiger partial charge is 0.361 e. The zero-order valence-electron chi connectivity index (χ0n) is 13.2. The average Bonchev–Trinajstić information content (AvgIpc) is 2.92. The van der Waals surface area contributed by atoms with E-state index >= 15 is 0 Å². The van der Waals surface area contributed by atoms with Crippen molar-refractivity contribution >= 4 is 28.4 Å². The summed E-state index contributed by atoms with van der Waals surface area (Å²) in [6.45, 7) is 4.66. The number of hydrogen-bond acceptors (Lipinski definition) is 1. The quantitative estimate of drug-likeness (QED) is 0.733. The molecule has 2 aromatic carbocycles. The van der Waals surface area contributed by atoms with Gasteiger partial charge in [0, 0.05) is 34.2 Å². The maximum Gasteiger partial charge on any atom is 0.251 e. The Morgan fingerprint density at radius 2 is 1.96 bits per heavy atom. The van der Waals surface area contributed by atoms with Gasteiger partial charge in [0.1, 0.15) is 0 Å². The Kier molecular flexibility index (Phi) is 4.39. The number of nitrogens with one attached hydrogen (secondary N) is 2. The van der Waals surface area contributed by atoms with E-state index in [1.807, 2.05) is 56.4 Å². The number of benzene rings is 2. The Hall–Kier alpha value is -2.26. The van der Waals surface area contributed by atoms with Crippen molar-refractivity contribution in [3.8, 4) is 0 Å². The molecule has 0 spiro atoms. The molecule has 1 amide bonds. The Balaban J connectivity index is 1.64. The van der Waals surface area contributed by atoms with Crippen molar-refractivity contribution in [2.45, 2.75) is 20.3 Å². The highest BCUT2D eigenvalue weighted by atomic mass is 35.5. The van der Waals surface area contributed by atoms with E-state index in [0.717, 1.165) is 22.9 Å². The zero-order valence-corrected chi connectivity index (χ0v) is 14.0. The van der Waals surface area contributed by atoms with Crippen LogP contribution in [0.2, 0.25) is 5.02 Å².